The Bertz CT molecular complexity index is 898. The largest absolute Gasteiger partial charge is 0.337 e. The maximum Gasteiger partial charge on any atom is 0.249 e. The van der Waals surface area contributed by atoms with E-state index in [4.69, 9.17) is 16.1 Å². The summed E-state index contributed by atoms with van der Waals surface area (Å²) >= 11 is 6.07. The molecule has 31 heavy (non-hydrogen) atoms. The molecule has 0 N–H and O–H groups in total. The number of likely N-dealkylation sites (tertiary alicyclic amines) is 1. The molecule has 1 saturated heterocycles. The smallest absolute Gasteiger partial charge is 0.249 e. The van der Waals surface area contributed by atoms with E-state index < -0.39 is 0 Å². The summed E-state index contributed by atoms with van der Waals surface area (Å²) in [5.74, 6) is 0.830. The SMILES string of the molecule is CCCCC(=O)N(CC(=O)N1CCCCC1c1nc(-c2cccc(Cl)c2)no1)C(C)C. The van der Waals surface area contributed by atoms with E-state index in [1.165, 1.54) is 0 Å². The van der Waals surface area contributed by atoms with Crippen LogP contribution in [0.5, 0.6) is 0 Å². The summed E-state index contributed by atoms with van der Waals surface area (Å²) in [4.78, 5) is 33.9. The maximum absolute atomic E-state index is 13.2. The molecule has 1 aliphatic heterocycles. The van der Waals surface area contributed by atoms with Gasteiger partial charge in [-0.2, -0.15) is 4.98 Å². The van der Waals surface area contributed by atoms with E-state index in [2.05, 4.69) is 17.1 Å². The molecule has 0 bridgehead atoms. The molecule has 1 fully saturated rings. The van der Waals surface area contributed by atoms with Crippen molar-refractivity contribution in [3.8, 4) is 11.4 Å². The van der Waals surface area contributed by atoms with E-state index in [1.807, 2.05) is 26.0 Å². The number of unbranched alkanes of at least 4 members (excludes halogenated alkanes) is 1. The van der Waals surface area contributed by atoms with Crippen LogP contribution in [-0.4, -0.2) is 50.9 Å². The average Bonchev–Trinajstić information content (AvgIpc) is 3.25. The first kappa shape index (κ1) is 23.3. The van der Waals surface area contributed by atoms with Crippen molar-refractivity contribution < 1.29 is 14.1 Å². The van der Waals surface area contributed by atoms with Crippen LogP contribution < -0.4 is 0 Å². The summed E-state index contributed by atoms with van der Waals surface area (Å²) < 4.78 is 5.55. The monoisotopic (exact) mass is 446 g/mol. The fourth-order valence-electron chi connectivity index (χ4n) is 3.87. The molecule has 2 heterocycles. The lowest BCUT2D eigenvalue weighted by molar-refractivity contribution is -0.144. The van der Waals surface area contributed by atoms with Crippen LogP contribution in [0.3, 0.4) is 0 Å². The molecule has 0 aliphatic carbocycles. The minimum Gasteiger partial charge on any atom is -0.337 e. The summed E-state index contributed by atoms with van der Waals surface area (Å²) in [5.41, 5.74) is 0.767. The predicted molar refractivity (Wildman–Crippen MR) is 119 cm³/mol. The molecule has 1 unspecified atom stereocenters. The summed E-state index contributed by atoms with van der Waals surface area (Å²) in [7, 11) is 0. The second-order valence-electron chi connectivity index (χ2n) is 8.28. The van der Waals surface area contributed by atoms with Crippen molar-refractivity contribution in [2.75, 3.05) is 13.1 Å². The van der Waals surface area contributed by atoms with Gasteiger partial charge in [0.2, 0.25) is 23.5 Å². The number of amides is 2. The Morgan fingerprint density at radius 1 is 1.32 bits per heavy atom. The average molecular weight is 447 g/mol. The van der Waals surface area contributed by atoms with Gasteiger partial charge in [-0.05, 0) is 51.7 Å². The number of halogens is 1. The van der Waals surface area contributed by atoms with E-state index in [9.17, 15) is 9.59 Å². The van der Waals surface area contributed by atoms with E-state index in [-0.39, 0.29) is 30.4 Å². The first-order valence-corrected chi connectivity index (χ1v) is 11.5. The van der Waals surface area contributed by atoms with Crippen molar-refractivity contribution in [1.82, 2.24) is 19.9 Å². The Hall–Kier alpha value is -2.41. The van der Waals surface area contributed by atoms with Crippen molar-refractivity contribution >= 4 is 23.4 Å². The molecule has 0 saturated carbocycles. The van der Waals surface area contributed by atoms with Crippen LogP contribution in [0, 0.1) is 0 Å². The topological polar surface area (TPSA) is 79.5 Å². The molecule has 2 aromatic rings. The third-order valence-electron chi connectivity index (χ3n) is 5.63. The normalized spacial score (nSPS) is 16.5. The highest BCUT2D eigenvalue weighted by molar-refractivity contribution is 6.30. The highest BCUT2D eigenvalue weighted by Crippen LogP contribution is 2.31. The van der Waals surface area contributed by atoms with Gasteiger partial charge in [0.25, 0.3) is 0 Å². The van der Waals surface area contributed by atoms with Gasteiger partial charge in [0.1, 0.15) is 6.04 Å². The molecular formula is C23H31ClN4O3. The Morgan fingerprint density at radius 2 is 2.13 bits per heavy atom. The fourth-order valence-corrected chi connectivity index (χ4v) is 4.06. The maximum atomic E-state index is 13.2. The first-order valence-electron chi connectivity index (χ1n) is 11.1. The second-order valence-corrected chi connectivity index (χ2v) is 8.72. The third kappa shape index (κ3) is 5.85. The highest BCUT2D eigenvalue weighted by Gasteiger charge is 2.34. The number of rotatable bonds is 8. The lowest BCUT2D eigenvalue weighted by atomic mass is 10.0. The van der Waals surface area contributed by atoms with Crippen molar-refractivity contribution in [3.05, 3.63) is 35.2 Å². The Labute approximate surface area is 188 Å². The number of hydrogen-bond donors (Lipinski definition) is 0. The van der Waals surface area contributed by atoms with Gasteiger partial charge in [0.15, 0.2) is 0 Å². The molecule has 1 aliphatic rings. The minimum atomic E-state index is -0.276. The van der Waals surface area contributed by atoms with Crippen molar-refractivity contribution in [2.24, 2.45) is 0 Å². The van der Waals surface area contributed by atoms with Gasteiger partial charge in [-0.25, -0.2) is 0 Å². The zero-order chi connectivity index (χ0) is 22.4. The van der Waals surface area contributed by atoms with Crippen LogP contribution in [-0.2, 0) is 9.59 Å². The zero-order valence-electron chi connectivity index (χ0n) is 18.5. The van der Waals surface area contributed by atoms with Crippen molar-refractivity contribution in [1.29, 1.82) is 0 Å². The fraction of sp³-hybridized carbons (Fsp3) is 0.565. The first-order chi connectivity index (χ1) is 14.9. The van der Waals surface area contributed by atoms with Gasteiger partial charge in [-0.1, -0.05) is 42.2 Å². The number of nitrogens with zero attached hydrogens (tertiary/aromatic N) is 4. The molecule has 1 aromatic heterocycles. The van der Waals surface area contributed by atoms with E-state index in [0.717, 1.165) is 37.7 Å². The number of carbonyl (C=O) groups excluding carboxylic acids is 2. The van der Waals surface area contributed by atoms with Gasteiger partial charge < -0.3 is 14.3 Å². The Kier molecular flexibility index (Phi) is 8.07. The van der Waals surface area contributed by atoms with Gasteiger partial charge >= 0.3 is 0 Å². The summed E-state index contributed by atoms with van der Waals surface area (Å²) in [6, 6.07) is 6.96. The molecular weight excluding hydrogens is 416 g/mol. The van der Waals surface area contributed by atoms with Crippen molar-refractivity contribution in [2.45, 2.75) is 71.4 Å². The molecule has 0 radical (unpaired) electrons. The number of benzene rings is 1. The van der Waals surface area contributed by atoms with E-state index in [0.29, 0.717) is 29.7 Å². The van der Waals surface area contributed by atoms with Crippen LogP contribution in [0.2, 0.25) is 5.02 Å². The lowest BCUT2D eigenvalue weighted by Crippen LogP contribution is -2.48. The van der Waals surface area contributed by atoms with E-state index in [1.54, 1.807) is 21.9 Å². The molecule has 3 rings (SSSR count). The van der Waals surface area contributed by atoms with Crippen molar-refractivity contribution in [3.63, 3.8) is 0 Å². The van der Waals surface area contributed by atoms with Gasteiger partial charge in [-0.15, -0.1) is 0 Å². The molecule has 1 aromatic carbocycles. The molecule has 0 spiro atoms. The Morgan fingerprint density at radius 3 is 2.84 bits per heavy atom. The third-order valence-corrected chi connectivity index (χ3v) is 5.86. The summed E-state index contributed by atoms with van der Waals surface area (Å²) in [6.45, 7) is 6.64. The van der Waals surface area contributed by atoms with Crippen LogP contribution >= 0.6 is 11.6 Å². The molecule has 2 amide bonds. The minimum absolute atomic E-state index is 0.0276. The standard InChI is InChI=1S/C23H31ClN4O3/c1-4-5-12-20(29)28(16(2)3)15-21(30)27-13-7-6-11-19(27)23-25-22(26-31-23)17-9-8-10-18(24)14-17/h8-10,14,16,19H,4-7,11-13,15H2,1-3H3. The number of piperidine rings is 1. The number of aromatic nitrogens is 2. The predicted octanol–water partition coefficient (Wildman–Crippen LogP) is 4.87. The van der Waals surface area contributed by atoms with Crippen LogP contribution in [0.1, 0.15) is 71.2 Å². The van der Waals surface area contributed by atoms with Gasteiger partial charge in [0, 0.05) is 29.6 Å². The lowest BCUT2D eigenvalue weighted by Gasteiger charge is -2.36. The molecule has 7 nitrogen and oxygen atoms in total. The van der Waals surface area contributed by atoms with Gasteiger partial charge in [0.05, 0.1) is 6.54 Å². The zero-order valence-corrected chi connectivity index (χ0v) is 19.3. The molecule has 1 atom stereocenters. The second kappa shape index (κ2) is 10.8. The summed E-state index contributed by atoms with van der Waals surface area (Å²) in [6.07, 6.45) is 4.91. The molecule has 168 valence electrons. The van der Waals surface area contributed by atoms with Crippen LogP contribution in [0.15, 0.2) is 28.8 Å². The van der Waals surface area contributed by atoms with E-state index >= 15 is 0 Å². The molecule has 8 heteroatoms. The Balaban J connectivity index is 1.75. The summed E-state index contributed by atoms with van der Waals surface area (Å²) in [5, 5.41) is 4.70. The number of hydrogen-bond acceptors (Lipinski definition) is 5. The van der Waals surface area contributed by atoms with Gasteiger partial charge in [-0.3, -0.25) is 9.59 Å². The van der Waals surface area contributed by atoms with Crippen LogP contribution in [0.4, 0.5) is 0 Å². The quantitative estimate of drug-likeness (QED) is 0.577. The highest BCUT2D eigenvalue weighted by atomic mass is 35.5. The number of carbonyl (C=O) groups is 2. The van der Waals surface area contributed by atoms with Crippen LogP contribution in [0.25, 0.3) is 11.4 Å².